The van der Waals surface area contributed by atoms with E-state index >= 15 is 0 Å². The van der Waals surface area contributed by atoms with Crippen LogP contribution in [0.3, 0.4) is 0 Å². The van der Waals surface area contributed by atoms with Gasteiger partial charge >= 0.3 is 5.97 Å². The predicted molar refractivity (Wildman–Crippen MR) is 75.4 cm³/mol. The minimum atomic E-state index is -1.17. The smallest absolute Gasteiger partial charge is 0.303 e. The van der Waals surface area contributed by atoms with E-state index in [1.54, 1.807) is 0 Å². The van der Waals surface area contributed by atoms with Gasteiger partial charge in [0.1, 0.15) is 6.17 Å². The molecule has 1 saturated carbocycles. The van der Waals surface area contributed by atoms with Gasteiger partial charge in [0.2, 0.25) is 0 Å². The Morgan fingerprint density at radius 3 is 2.57 bits per heavy atom. The summed E-state index contributed by atoms with van der Waals surface area (Å²) in [6, 6.07) is 0. The number of hydrogen-bond acceptors (Lipinski definition) is 4. The Bertz CT molecular complexity index is 360. The van der Waals surface area contributed by atoms with Gasteiger partial charge in [-0.2, -0.15) is 0 Å². The zero-order valence-corrected chi connectivity index (χ0v) is 12.2. The van der Waals surface area contributed by atoms with Crippen molar-refractivity contribution in [3.05, 3.63) is 12.2 Å². The minimum absolute atomic E-state index is 0.0302. The fraction of sp³-hybridized carbons (Fsp3) is 0.800. The van der Waals surface area contributed by atoms with Crippen LogP contribution in [0.25, 0.3) is 0 Å². The Balaban J connectivity index is 2.66. The maximum atomic E-state index is 13.5. The van der Waals surface area contributed by atoms with Crippen LogP contribution in [0.5, 0.6) is 0 Å². The maximum Gasteiger partial charge on any atom is 0.303 e. The van der Waals surface area contributed by atoms with E-state index in [1.807, 2.05) is 6.92 Å². The topological polar surface area (TPSA) is 98.0 Å². The third-order valence-corrected chi connectivity index (χ3v) is 4.07. The second kappa shape index (κ2) is 8.46. The van der Waals surface area contributed by atoms with E-state index in [-0.39, 0.29) is 12.8 Å². The molecule has 0 bridgehead atoms. The summed E-state index contributed by atoms with van der Waals surface area (Å²) in [6.45, 7) is 1.96. The Morgan fingerprint density at radius 1 is 1.33 bits per heavy atom. The van der Waals surface area contributed by atoms with E-state index in [0.717, 1.165) is 12.8 Å². The first-order chi connectivity index (χ1) is 9.86. The summed E-state index contributed by atoms with van der Waals surface area (Å²) in [5.41, 5.74) is 0. The lowest BCUT2D eigenvalue weighted by Crippen LogP contribution is -2.33. The Kier molecular flexibility index (Phi) is 7.28. The van der Waals surface area contributed by atoms with E-state index in [2.05, 4.69) is 0 Å². The number of carboxylic acids is 1. The summed E-state index contributed by atoms with van der Waals surface area (Å²) in [5, 5.41) is 38.6. The number of aliphatic hydroxyl groups excluding tert-OH is 3. The third-order valence-electron chi connectivity index (χ3n) is 4.07. The van der Waals surface area contributed by atoms with Gasteiger partial charge in [0.05, 0.1) is 24.7 Å². The molecule has 1 rings (SSSR count). The highest BCUT2D eigenvalue weighted by Gasteiger charge is 2.45. The van der Waals surface area contributed by atoms with Crippen LogP contribution in [0.1, 0.15) is 39.0 Å². The van der Waals surface area contributed by atoms with Crippen LogP contribution in [0.4, 0.5) is 4.39 Å². The van der Waals surface area contributed by atoms with Crippen molar-refractivity contribution in [1.29, 1.82) is 0 Å². The van der Waals surface area contributed by atoms with Crippen molar-refractivity contribution in [3.63, 3.8) is 0 Å². The van der Waals surface area contributed by atoms with Gasteiger partial charge in [-0.3, -0.25) is 4.79 Å². The average Bonchev–Trinajstić information content (AvgIpc) is 2.67. The number of aliphatic carboxylic acids is 1. The van der Waals surface area contributed by atoms with Crippen molar-refractivity contribution in [2.75, 3.05) is 0 Å². The molecule has 1 aliphatic rings. The van der Waals surface area contributed by atoms with E-state index in [1.165, 1.54) is 12.2 Å². The van der Waals surface area contributed by atoms with Crippen LogP contribution in [-0.2, 0) is 4.79 Å². The van der Waals surface area contributed by atoms with Gasteiger partial charge in [-0.15, -0.1) is 0 Å². The van der Waals surface area contributed by atoms with Crippen molar-refractivity contribution in [1.82, 2.24) is 0 Å². The molecule has 6 atom stereocenters. The van der Waals surface area contributed by atoms with Crippen LogP contribution in [0.2, 0.25) is 0 Å². The number of unbranched alkanes of at least 4 members (excludes halogenated alkanes) is 1. The molecule has 122 valence electrons. The third kappa shape index (κ3) is 5.37. The standard InChI is InChI=1S/C15H25FO5/c1-2-3-4-9(16)5-6-11(17)15-10(7-14(20)21)12(18)8-13(15)19/h5-6,9-13,15,17-19H,2-4,7-8H2,1H3,(H,20,21)/b6-5+/t9?,10-,11?,12-,13+,15+/m0/s1. The molecular formula is C15H25FO5. The number of carbonyl (C=O) groups is 1. The van der Waals surface area contributed by atoms with E-state index < -0.39 is 42.3 Å². The zero-order valence-electron chi connectivity index (χ0n) is 12.2. The molecule has 0 aliphatic heterocycles. The number of hydrogen-bond donors (Lipinski definition) is 4. The van der Waals surface area contributed by atoms with Gasteiger partial charge < -0.3 is 20.4 Å². The lowest BCUT2D eigenvalue weighted by atomic mass is 9.86. The largest absolute Gasteiger partial charge is 0.481 e. The number of rotatable bonds is 8. The molecule has 5 nitrogen and oxygen atoms in total. The Labute approximate surface area is 124 Å². The fourth-order valence-electron chi connectivity index (χ4n) is 2.93. The fourth-order valence-corrected chi connectivity index (χ4v) is 2.93. The summed E-state index contributed by atoms with van der Waals surface area (Å²) in [4.78, 5) is 10.8. The van der Waals surface area contributed by atoms with Crippen molar-refractivity contribution in [3.8, 4) is 0 Å². The van der Waals surface area contributed by atoms with Crippen molar-refractivity contribution in [2.24, 2.45) is 11.8 Å². The van der Waals surface area contributed by atoms with Gasteiger partial charge in [-0.25, -0.2) is 4.39 Å². The second-order valence-corrected chi connectivity index (χ2v) is 5.74. The number of halogens is 1. The SMILES string of the molecule is CCCCC(F)/C=C/C(O)[C@H]1[C@@H](CC(=O)O)[C@@H](O)C[C@H]1O. The van der Waals surface area contributed by atoms with Crippen molar-refractivity contribution < 1.29 is 29.6 Å². The maximum absolute atomic E-state index is 13.5. The molecule has 21 heavy (non-hydrogen) atoms. The molecule has 0 radical (unpaired) electrons. The van der Waals surface area contributed by atoms with Gasteiger partial charge in [0.15, 0.2) is 0 Å². The van der Waals surface area contributed by atoms with E-state index in [4.69, 9.17) is 5.11 Å². The van der Waals surface area contributed by atoms with Gasteiger partial charge in [0.25, 0.3) is 0 Å². The molecule has 0 spiro atoms. The molecule has 4 N–H and O–H groups in total. The number of allylic oxidation sites excluding steroid dienone is 1. The molecule has 1 fully saturated rings. The van der Waals surface area contributed by atoms with Crippen LogP contribution in [0, 0.1) is 11.8 Å². The summed E-state index contributed by atoms with van der Waals surface area (Å²) in [7, 11) is 0. The van der Waals surface area contributed by atoms with Crippen molar-refractivity contribution >= 4 is 5.97 Å². The predicted octanol–water partition coefficient (Wildman–Crippen LogP) is 1.26. The average molecular weight is 304 g/mol. The summed E-state index contributed by atoms with van der Waals surface area (Å²) >= 11 is 0. The second-order valence-electron chi connectivity index (χ2n) is 5.74. The molecule has 1 aliphatic carbocycles. The lowest BCUT2D eigenvalue weighted by molar-refractivity contribution is -0.139. The minimum Gasteiger partial charge on any atom is -0.481 e. The van der Waals surface area contributed by atoms with Crippen molar-refractivity contribution in [2.45, 2.75) is 63.5 Å². The number of aliphatic hydroxyl groups is 3. The monoisotopic (exact) mass is 304 g/mol. The quantitative estimate of drug-likeness (QED) is 0.506. The first-order valence-corrected chi connectivity index (χ1v) is 7.45. The first-order valence-electron chi connectivity index (χ1n) is 7.45. The molecule has 0 amide bonds. The first kappa shape index (κ1) is 18.1. The van der Waals surface area contributed by atoms with E-state index in [9.17, 15) is 24.5 Å². The number of alkyl halides is 1. The molecular weight excluding hydrogens is 279 g/mol. The summed E-state index contributed by atoms with van der Waals surface area (Å²) in [6.07, 6.45) is -0.0833. The zero-order chi connectivity index (χ0) is 16.0. The highest BCUT2D eigenvalue weighted by molar-refractivity contribution is 5.67. The molecule has 0 heterocycles. The van der Waals surface area contributed by atoms with Crippen LogP contribution in [0.15, 0.2) is 12.2 Å². The van der Waals surface area contributed by atoms with Gasteiger partial charge in [-0.1, -0.05) is 31.9 Å². The molecule has 0 aromatic heterocycles. The van der Waals surface area contributed by atoms with E-state index in [0.29, 0.717) is 6.42 Å². The highest BCUT2D eigenvalue weighted by Crippen LogP contribution is 2.37. The lowest BCUT2D eigenvalue weighted by Gasteiger charge is -2.25. The Hall–Kier alpha value is -0.980. The highest BCUT2D eigenvalue weighted by atomic mass is 19.1. The Morgan fingerprint density at radius 2 is 2.00 bits per heavy atom. The number of carboxylic acid groups (broad SMARTS) is 1. The molecule has 0 aromatic carbocycles. The summed E-state index contributed by atoms with van der Waals surface area (Å²) < 4.78 is 13.5. The van der Waals surface area contributed by atoms with Gasteiger partial charge in [-0.05, 0) is 12.8 Å². The van der Waals surface area contributed by atoms with Crippen LogP contribution >= 0.6 is 0 Å². The molecule has 2 unspecified atom stereocenters. The normalized spacial score (nSPS) is 32.4. The molecule has 0 saturated heterocycles. The summed E-state index contributed by atoms with van der Waals surface area (Å²) in [5.74, 6) is -2.61. The van der Waals surface area contributed by atoms with Crippen LogP contribution < -0.4 is 0 Å². The van der Waals surface area contributed by atoms with Gasteiger partial charge in [0, 0.05) is 11.8 Å². The molecule has 6 heteroatoms. The molecule has 0 aromatic rings. The van der Waals surface area contributed by atoms with Crippen LogP contribution in [-0.4, -0.2) is 50.9 Å².